The first-order chi connectivity index (χ1) is 9.95. The van der Waals surface area contributed by atoms with Gasteiger partial charge in [-0.25, -0.2) is 9.69 Å². The second-order valence-electron chi connectivity index (χ2n) is 5.11. The Balaban J connectivity index is 2.34. The molecule has 6 nitrogen and oxygen atoms in total. The molecule has 0 radical (unpaired) electrons. The van der Waals surface area contributed by atoms with Gasteiger partial charge in [0.1, 0.15) is 5.75 Å². The minimum absolute atomic E-state index is 0.126. The Labute approximate surface area is 123 Å². The number of benzene rings is 1. The van der Waals surface area contributed by atoms with Crippen molar-refractivity contribution in [3.8, 4) is 5.75 Å². The molecule has 1 aromatic carbocycles. The summed E-state index contributed by atoms with van der Waals surface area (Å²) in [5.74, 6) is -0.351. The zero-order valence-corrected chi connectivity index (χ0v) is 12.3. The maximum atomic E-state index is 12.5. The summed E-state index contributed by atoms with van der Waals surface area (Å²) in [4.78, 5) is 38.7. The lowest BCUT2D eigenvalue weighted by Gasteiger charge is -2.33. The maximum absolute atomic E-state index is 12.5. The lowest BCUT2D eigenvalue weighted by molar-refractivity contribution is -0.132. The van der Waals surface area contributed by atoms with Gasteiger partial charge in [-0.3, -0.25) is 14.5 Å². The molecule has 0 N–H and O–H groups in total. The van der Waals surface area contributed by atoms with Crippen molar-refractivity contribution in [2.45, 2.75) is 20.3 Å². The Morgan fingerprint density at radius 3 is 2.62 bits per heavy atom. The highest BCUT2D eigenvalue weighted by molar-refractivity contribution is 6.19. The van der Waals surface area contributed by atoms with Gasteiger partial charge in [0, 0.05) is 24.9 Å². The number of carbonyl (C=O) groups excluding carboxylic acids is 3. The molecule has 1 aliphatic rings. The molecule has 1 aliphatic heterocycles. The fourth-order valence-corrected chi connectivity index (χ4v) is 2.16. The normalized spacial score (nSPS) is 15.6. The minimum atomic E-state index is -0.599. The number of urea groups is 1. The highest BCUT2D eigenvalue weighted by atomic mass is 16.5. The van der Waals surface area contributed by atoms with Crippen molar-refractivity contribution in [2.24, 2.45) is 5.92 Å². The van der Waals surface area contributed by atoms with Crippen molar-refractivity contribution >= 4 is 23.5 Å². The molecule has 1 saturated heterocycles. The van der Waals surface area contributed by atoms with Crippen LogP contribution in [-0.2, 0) is 9.59 Å². The van der Waals surface area contributed by atoms with Gasteiger partial charge in [0.05, 0.1) is 12.8 Å². The van der Waals surface area contributed by atoms with E-state index in [1.165, 1.54) is 7.11 Å². The molecule has 0 atom stereocenters. The van der Waals surface area contributed by atoms with E-state index in [1.807, 2.05) is 0 Å². The molecule has 1 heterocycles. The first kappa shape index (κ1) is 15.0. The van der Waals surface area contributed by atoms with Crippen LogP contribution in [0.15, 0.2) is 24.3 Å². The van der Waals surface area contributed by atoms with Gasteiger partial charge in [0.25, 0.3) is 0 Å². The lowest BCUT2D eigenvalue weighted by atomic mass is 10.1. The third kappa shape index (κ3) is 2.89. The highest BCUT2D eigenvalue weighted by Gasteiger charge is 2.37. The van der Waals surface area contributed by atoms with Crippen LogP contribution in [-0.4, -0.2) is 36.4 Å². The third-order valence-electron chi connectivity index (χ3n) is 3.29. The van der Waals surface area contributed by atoms with E-state index in [4.69, 9.17) is 4.74 Å². The van der Waals surface area contributed by atoms with Gasteiger partial charge in [-0.1, -0.05) is 19.9 Å². The quantitative estimate of drug-likeness (QED) is 0.854. The number of nitrogens with zero attached hydrogens (tertiary/aromatic N) is 2. The van der Waals surface area contributed by atoms with Crippen LogP contribution >= 0.6 is 0 Å². The Hall–Kier alpha value is -2.37. The molecule has 0 saturated carbocycles. The summed E-state index contributed by atoms with van der Waals surface area (Å²) in [6.07, 6.45) is 0.126. The molecule has 4 amide bonds. The molecule has 1 fully saturated rings. The second kappa shape index (κ2) is 5.95. The Morgan fingerprint density at radius 2 is 2.00 bits per heavy atom. The van der Waals surface area contributed by atoms with E-state index in [1.54, 1.807) is 38.1 Å². The van der Waals surface area contributed by atoms with E-state index in [9.17, 15) is 14.4 Å². The van der Waals surface area contributed by atoms with Crippen LogP contribution in [0.5, 0.6) is 5.75 Å². The lowest BCUT2D eigenvalue weighted by Crippen LogP contribution is -2.55. The summed E-state index contributed by atoms with van der Waals surface area (Å²) >= 11 is 0. The van der Waals surface area contributed by atoms with E-state index in [0.29, 0.717) is 11.4 Å². The van der Waals surface area contributed by atoms with Crippen molar-refractivity contribution in [3.63, 3.8) is 0 Å². The number of hydrogen-bond acceptors (Lipinski definition) is 4. The van der Waals surface area contributed by atoms with Crippen LogP contribution in [0.1, 0.15) is 20.3 Å². The van der Waals surface area contributed by atoms with Crippen molar-refractivity contribution in [3.05, 3.63) is 24.3 Å². The van der Waals surface area contributed by atoms with Crippen LogP contribution in [0.2, 0.25) is 0 Å². The van der Waals surface area contributed by atoms with Crippen molar-refractivity contribution in [1.29, 1.82) is 0 Å². The van der Waals surface area contributed by atoms with E-state index in [2.05, 4.69) is 0 Å². The summed E-state index contributed by atoms with van der Waals surface area (Å²) in [6, 6.07) is 6.05. The summed E-state index contributed by atoms with van der Waals surface area (Å²) in [7, 11) is 1.51. The topological polar surface area (TPSA) is 66.9 Å². The number of methoxy groups -OCH3 is 1. The zero-order valence-electron chi connectivity index (χ0n) is 12.3. The number of ether oxygens (including phenoxy) is 1. The monoisotopic (exact) mass is 290 g/mol. The fraction of sp³-hybridized carbons (Fsp3) is 0.400. The third-order valence-corrected chi connectivity index (χ3v) is 3.29. The Kier molecular flexibility index (Phi) is 4.26. The number of hydrogen-bond donors (Lipinski definition) is 0. The Morgan fingerprint density at radius 1 is 1.29 bits per heavy atom. The van der Waals surface area contributed by atoms with Crippen molar-refractivity contribution in [2.75, 3.05) is 18.6 Å². The molecule has 6 heteroatoms. The Bertz CT molecular complexity index is 583. The van der Waals surface area contributed by atoms with Gasteiger partial charge in [0.15, 0.2) is 0 Å². The first-order valence-electron chi connectivity index (χ1n) is 6.78. The van der Waals surface area contributed by atoms with Gasteiger partial charge < -0.3 is 4.74 Å². The number of amides is 4. The van der Waals surface area contributed by atoms with E-state index in [0.717, 1.165) is 9.80 Å². The van der Waals surface area contributed by atoms with Crippen LogP contribution in [0.25, 0.3) is 0 Å². The molecule has 0 aliphatic carbocycles. The maximum Gasteiger partial charge on any atom is 0.338 e. The number of rotatable bonds is 3. The molecule has 1 aromatic rings. The number of imide groups is 2. The van der Waals surface area contributed by atoms with E-state index < -0.39 is 6.03 Å². The van der Waals surface area contributed by atoms with Gasteiger partial charge in [0.2, 0.25) is 11.8 Å². The molecular weight excluding hydrogens is 272 g/mol. The number of carbonyl (C=O) groups is 3. The minimum Gasteiger partial charge on any atom is -0.497 e. The van der Waals surface area contributed by atoms with Crippen LogP contribution in [0.4, 0.5) is 10.5 Å². The van der Waals surface area contributed by atoms with Crippen molar-refractivity contribution in [1.82, 2.24) is 4.90 Å². The summed E-state index contributed by atoms with van der Waals surface area (Å²) in [5.41, 5.74) is 0.408. The average Bonchev–Trinajstić information content (AvgIpc) is 2.47. The molecule has 112 valence electrons. The molecule has 0 spiro atoms. The first-order valence-corrected chi connectivity index (χ1v) is 6.78. The predicted octanol–water partition coefficient (Wildman–Crippen LogP) is 2.04. The summed E-state index contributed by atoms with van der Waals surface area (Å²) in [6.45, 7) is 3.58. The van der Waals surface area contributed by atoms with E-state index in [-0.39, 0.29) is 30.7 Å². The second-order valence-corrected chi connectivity index (χ2v) is 5.11. The zero-order chi connectivity index (χ0) is 15.6. The van der Waals surface area contributed by atoms with Gasteiger partial charge >= 0.3 is 6.03 Å². The molecule has 2 rings (SSSR count). The number of anilines is 1. The van der Waals surface area contributed by atoms with Crippen LogP contribution in [0, 0.1) is 5.92 Å². The highest BCUT2D eigenvalue weighted by Crippen LogP contribution is 2.25. The summed E-state index contributed by atoms with van der Waals surface area (Å²) in [5, 5.41) is 0. The van der Waals surface area contributed by atoms with Crippen LogP contribution in [0.3, 0.4) is 0 Å². The molecule has 0 bridgehead atoms. The largest absolute Gasteiger partial charge is 0.497 e. The van der Waals surface area contributed by atoms with Crippen molar-refractivity contribution < 1.29 is 19.1 Å². The fourth-order valence-electron chi connectivity index (χ4n) is 2.16. The predicted molar refractivity (Wildman–Crippen MR) is 77.0 cm³/mol. The smallest absolute Gasteiger partial charge is 0.338 e. The standard InChI is InChI=1S/C15H18N2O4/c1-10(2)14(19)16-8-7-13(18)17(15(16)20)11-5-4-6-12(9-11)21-3/h4-6,9-10H,7-8H2,1-3H3. The van der Waals surface area contributed by atoms with Gasteiger partial charge in [-0.05, 0) is 12.1 Å². The van der Waals surface area contributed by atoms with Gasteiger partial charge in [-0.15, -0.1) is 0 Å². The van der Waals surface area contributed by atoms with Crippen LogP contribution < -0.4 is 9.64 Å². The average molecular weight is 290 g/mol. The van der Waals surface area contributed by atoms with Gasteiger partial charge in [-0.2, -0.15) is 0 Å². The molecular formula is C15H18N2O4. The molecule has 0 aromatic heterocycles. The molecule has 0 unspecified atom stereocenters. The SMILES string of the molecule is COc1cccc(N2C(=O)CCN(C(=O)C(C)C)C2=O)c1. The molecule has 21 heavy (non-hydrogen) atoms. The van der Waals surface area contributed by atoms with E-state index >= 15 is 0 Å². The summed E-state index contributed by atoms with van der Waals surface area (Å²) < 4.78 is 5.10.